The number of nitrogens with zero attached hydrogens (tertiary/aromatic N) is 4. The van der Waals surface area contributed by atoms with E-state index >= 15 is 0 Å². The fourth-order valence-corrected chi connectivity index (χ4v) is 4.12. The van der Waals surface area contributed by atoms with Gasteiger partial charge in [0.2, 0.25) is 5.84 Å². The van der Waals surface area contributed by atoms with Gasteiger partial charge < -0.3 is 30.1 Å². The zero-order valence-corrected chi connectivity index (χ0v) is 22.9. The number of carbonyl (C=O) groups is 1. The van der Waals surface area contributed by atoms with Gasteiger partial charge in [-0.25, -0.2) is 14.8 Å². The predicted octanol–water partition coefficient (Wildman–Crippen LogP) is 5.08. The standard InChI is InChI=1S/C29H35N5O5/c1-28(2,3)39-27(35)34-15-14-21(34)18-37-22-10-6-19(7-11-22)29(4,5)20-8-12-23(13-9-20)38-24-16-31-26(32-17-24)25(30)33-36/h6-13,16-17,21,36H,14-15,18H2,1-5H3,(H2,30,33)/t21-/m0/s1. The topological polar surface area (TPSA) is 132 Å². The molecule has 1 aliphatic heterocycles. The van der Waals surface area contributed by atoms with Gasteiger partial charge in [-0.05, 0) is 62.6 Å². The van der Waals surface area contributed by atoms with Crippen LogP contribution in [-0.2, 0) is 10.2 Å². The van der Waals surface area contributed by atoms with Crippen LogP contribution in [0.2, 0.25) is 0 Å². The van der Waals surface area contributed by atoms with Gasteiger partial charge in [0.1, 0.15) is 23.7 Å². The molecule has 1 saturated heterocycles. The minimum atomic E-state index is -0.512. The number of rotatable bonds is 8. The monoisotopic (exact) mass is 533 g/mol. The van der Waals surface area contributed by atoms with E-state index in [1.807, 2.05) is 57.2 Å². The van der Waals surface area contributed by atoms with Crippen LogP contribution in [-0.4, -0.2) is 56.8 Å². The molecule has 4 rings (SSSR count). The van der Waals surface area contributed by atoms with Crippen LogP contribution in [0.25, 0.3) is 0 Å². The molecule has 0 unspecified atom stereocenters. The van der Waals surface area contributed by atoms with E-state index in [0.717, 1.165) is 23.3 Å². The van der Waals surface area contributed by atoms with Gasteiger partial charge in [0.05, 0.1) is 18.4 Å². The Bertz CT molecular complexity index is 1300. The van der Waals surface area contributed by atoms with Crippen molar-refractivity contribution in [1.82, 2.24) is 14.9 Å². The molecule has 10 heteroatoms. The molecular formula is C29H35N5O5. The van der Waals surface area contributed by atoms with Crippen LogP contribution in [0.1, 0.15) is 58.0 Å². The van der Waals surface area contributed by atoms with E-state index in [0.29, 0.717) is 24.7 Å². The van der Waals surface area contributed by atoms with Crippen molar-refractivity contribution in [2.45, 2.75) is 58.1 Å². The quantitative estimate of drug-likeness (QED) is 0.177. The third kappa shape index (κ3) is 6.76. The zero-order chi connectivity index (χ0) is 28.2. The van der Waals surface area contributed by atoms with E-state index in [9.17, 15) is 4.79 Å². The van der Waals surface area contributed by atoms with E-state index in [4.69, 9.17) is 25.2 Å². The Labute approximate surface area is 228 Å². The molecule has 1 aromatic heterocycles. The highest BCUT2D eigenvalue weighted by Crippen LogP contribution is 2.34. The Balaban J connectivity index is 1.34. The SMILES string of the molecule is CC(C)(C)OC(=O)N1CC[C@H]1COc1ccc(C(C)(C)c2ccc(Oc3cnc(/C(N)=N\O)nc3)cc2)cc1. The zero-order valence-electron chi connectivity index (χ0n) is 22.9. The lowest BCUT2D eigenvalue weighted by Gasteiger charge is -2.41. The average molecular weight is 534 g/mol. The maximum absolute atomic E-state index is 12.3. The second-order valence-electron chi connectivity index (χ2n) is 10.9. The predicted molar refractivity (Wildman–Crippen MR) is 146 cm³/mol. The van der Waals surface area contributed by atoms with Crippen molar-refractivity contribution in [2.24, 2.45) is 10.9 Å². The van der Waals surface area contributed by atoms with Crippen molar-refractivity contribution < 1.29 is 24.2 Å². The second-order valence-corrected chi connectivity index (χ2v) is 10.9. The van der Waals surface area contributed by atoms with E-state index in [1.165, 1.54) is 12.4 Å². The minimum absolute atomic E-state index is 0.0220. The van der Waals surface area contributed by atoms with Gasteiger partial charge in [-0.15, -0.1) is 0 Å². The molecule has 0 bridgehead atoms. The molecule has 10 nitrogen and oxygen atoms in total. The molecule has 2 aromatic carbocycles. The fraction of sp³-hybridized carbons (Fsp3) is 0.379. The molecule has 39 heavy (non-hydrogen) atoms. The number of likely N-dealkylation sites (tertiary alicyclic amines) is 1. The Morgan fingerprint density at radius 1 is 0.974 bits per heavy atom. The summed E-state index contributed by atoms with van der Waals surface area (Å²) >= 11 is 0. The number of oxime groups is 1. The first-order chi connectivity index (χ1) is 18.5. The van der Waals surface area contributed by atoms with Crippen LogP contribution in [0.3, 0.4) is 0 Å². The average Bonchev–Trinajstić information content (AvgIpc) is 2.87. The van der Waals surface area contributed by atoms with Gasteiger partial charge in [0.15, 0.2) is 11.6 Å². The normalized spacial score (nSPS) is 15.9. The van der Waals surface area contributed by atoms with Crippen LogP contribution in [0.5, 0.6) is 17.2 Å². The highest BCUT2D eigenvalue weighted by atomic mass is 16.6. The summed E-state index contributed by atoms with van der Waals surface area (Å²) in [6, 6.07) is 15.9. The highest BCUT2D eigenvalue weighted by Gasteiger charge is 2.35. The molecule has 3 N–H and O–H groups in total. The summed E-state index contributed by atoms with van der Waals surface area (Å²) in [6.07, 6.45) is 3.53. The molecule has 3 aromatic rings. The maximum Gasteiger partial charge on any atom is 0.410 e. The van der Waals surface area contributed by atoms with Gasteiger partial charge in [0.25, 0.3) is 0 Å². The van der Waals surface area contributed by atoms with Crippen molar-refractivity contribution in [3.05, 3.63) is 77.9 Å². The Kier molecular flexibility index (Phi) is 7.94. The molecule has 1 atom stereocenters. The van der Waals surface area contributed by atoms with Gasteiger partial charge in [-0.3, -0.25) is 0 Å². The minimum Gasteiger partial charge on any atom is -0.491 e. The van der Waals surface area contributed by atoms with Crippen molar-refractivity contribution in [3.63, 3.8) is 0 Å². The first-order valence-corrected chi connectivity index (χ1v) is 12.8. The van der Waals surface area contributed by atoms with Gasteiger partial charge in [-0.1, -0.05) is 43.3 Å². The number of nitrogens with two attached hydrogens (primary N) is 1. The Morgan fingerprint density at radius 2 is 1.54 bits per heavy atom. The number of hydrogen-bond donors (Lipinski definition) is 2. The van der Waals surface area contributed by atoms with E-state index in [2.05, 4.69) is 41.1 Å². The first-order valence-electron chi connectivity index (χ1n) is 12.8. The number of hydrogen-bond acceptors (Lipinski definition) is 8. The maximum atomic E-state index is 12.3. The lowest BCUT2D eigenvalue weighted by molar-refractivity contribution is -0.0141. The van der Waals surface area contributed by atoms with Crippen molar-refractivity contribution in [3.8, 4) is 17.2 Å². The lowest BCUT2D eigenvalue weighted by Crippen LogP contribution is -2.55. The Morgan fingerprint density at radius 3 is 2.03 bits per heavy atom. The molecule has 0 aliphatic carbocycles. The highest BCUT2D eigenvalue weighted by molar-refractivity contribution is 5.93. The van der Waals surface area contributed by atoms with Crippen LogP contribution in [0, 0.1) is 0 Å². The summed E-state index contributed by atoms with van der Waals surface area (Å²) in [7, 11) is 0. The number of amidine groups is 1. The number of aromatic nitrogens is 2. The molecule has 1 fully saturated rings. The number of benzene rings is 2. The molecule has 0 saturated carbocycles. The first kappa shape index (κ1) is 27.7. The summed E-state index contributed by atoms with van der Waals surface area (Å²) in [5.41, 5.74) is 6.97. The molecule has 2 heterocycles. The molecule has 206 valence electrons. The molecule has 0 spiro atoms. The molecular weight excluding hydrogens is 498 g/mol. The number of carbonyl (C=O) groups excluding carboxylic acids is 1. The molecule has 1 amide bonds. The van der Waals surface area contributed by atoms with Gasteiger partial charge in [0, 0.05) is 12.0 Å². The van der Waals surface area contributed by atoms with Crippen molar-refractivity contribution in [2.75, 3.05) is 13.2 Å². The van der Waals surface area contributed by atoms with Crippen LogP contribution < -0.4 is 15.2 Å². The summed E-state index contributed by atoms with van der Waals surface area (Å²) in [4.78, 5) is 22.1. The summed E-state index contributed by atoms with van der Waals surface area (Å²) in [5.74, 6) is 1.77. The Hall–Kier alpha value is -4.34. The van der Waals surface area contributed by atoms with E-state index in [1.54, 1.807) is 4.90 Å². The summed E-state index contributed by atoms with van der Waals surface area (Å²) in [6.45, 7) is 11.0. The fourth-order valence-electron chi connectivity index (χ4n) is 4.12. The van der Waals surface area contributed by atoms with Gasteiger partial charge in [-0.2, -0.15) is 0 Å². The largest absolute Gasteiger partial charge is 0.491 e. The van der Waals surface area contributed by atoms with Crippen molar-refractivity contribution in [1.29, 1.82) is 0 Å². The smallest absolute Gasteiger partial charge is 0.410 e. The third-order valence-electron chi connectivity index (χ3n) is 6.57. The van der Waals surface area contributed by atoms with E-state index in [-0.39, 0.29) is 29.2 Å². The summed E-state index contributed by atoms with van der Waals surface area (Å²) < 4.78 is 17.3. The number of ether oxygens (including phenoxy) is 3. The van der Waals surface area contributed by atoms with E-state index < -0.39 is 5.60 Å². The van der Waals surface area contributed by atoms with Crippen LogP contribution in [0.15, 0.2) is 66.1 Å². The second kappa shape index (κ2) is 11.2. The third-order valence-corrected chi connectivity index (χ3v) is 6.57. The number of amides is 1. The summed E-state index contributed by atoms with van der Waals surface area (Å²) in [5, 5.41) is 11.6. The van der Waals surface area contributed by atoms with Crippen LogP contribution >= 0.6 is 0 Å². The van der Waals surface area contributed by atoms with Crippen LogP contribution in [0.4, 0.5) is 4.79 Å². The molecule has 1 aliphatic rings. The lowest BCUT2D eigenvalue weighted by atomic mass is 9.78. The van der Waals surface area contributed by atoms with Crippen molar-refractivity contribution >= 4 is 11.9 Å². The molecule has 0 radical (unpaired) electrons. The van der Waals surface area contributed by atoms with Gasteiger partial charge >= 0.3 is 6.09 Å².